The molecule has 2 rings (SSSR count). The van der Waals surface area contributed by atoms with Crippen LogP contribution in [0, 0.1) is 5.92 Å². The van der Waals surface area contributed by atoms with E-state index in [0.717, 1.165) is 24.9 Å². The summed E-state index contributed by atoms with van der Waals surface area (Å²) in [6, 6.07) is 5.32. The van der Waals surface area contributed by atoms with Gasteiger partial charge in [0.15, 0.2) is 0 Å². The number of benzene rings is 1. The number of nitrogens with one attached hydrogen (secondary N) is 1. The summed E-state index contributed by atoms with van der Waals surface area (Å²) in [6.45, 7) is 3.69. The topological polar surface area (TPSA) is 52.6 Å². The summed E-state index contributed by atoms with van der Waals surface area (Å²) < 4.78 is 0. The lowest BCUT2D eigenvalue weighted by Gasteiger charge is -2.34. The predicted octanol–water partition coefficient (Wildman–Crippen LogP) is 3.34. The number of rotatable bonds is 4. The van der Waals surface area contributed by atoms with Gasteiger partial charge in [-0.1, -0.05) is 23.2 Å². The van der Waals surface area contributed by atoms with Gasteiger partial charge >= 0.3 is 6.03 Å². The minimum Gasteiger partial charge on any atom is -0.393 e. The van der Waals surface area contributed by atoms with E-state index in [1.165, 1.54) is 0 Å². The third-order valence-electron chi connectivity index (χ3n) is 4.04. The molecule has 1 saturated heterocycles. The van der Waals surface area contributed by atoms with Crippen LogP contribution in [0.1, 0.15) is 25.3 Å². The summed E-state index contributed by atoms with van der Waals surface area (Å²) in [4.78, 5) is 14.0. The normalized spacial score (nSPS) is 19.8. The third kappa shape index (κ3) is 5.04. The lowest BCUT2D eigenvalue weighted by Crippen LogP contribution is -2.47. The molecule has 0 saturated carbocycles. The first-order chi connectivity index (χ1) is 10.5. The Bertz CT molecular complexity index is 503. The number of carbonyl (C=O) groups excluding carboxylic acids is 1. The highest BCUT2D eigenvalue weighted by Crippen LogP contribution is 2.20. The number of aliphatic hydroxyl groups excluding tert-OH is 1. The lowest BCUT2D eigenvalue weighted by atomic mass is 9.94. The Labute approximate surface area is 141 Å². The Morgan fingerprint density at radius 3 is 2.73 bits per heavy atom. The van der Waals surface area contributed by atoms with Gasteiger partial charge in [-0.3, -0.25) is 0 Å². The molecule has 1 aliphatic rings. The zero-order valence-electron chi connectivity index (χ0n) is 12.7. The number of nitrogens with zero attached hydrogens (tertiary/aromatic N) is 1. The Morgan fingerprint density at radius 2 is 2.09 bits per heavy atom. The van der Waals surface area contributed by atoms with Crippen LogP contribution >= 0.6 is 23.2 Å². The third-order valence-corrected chi connectivity index (χ3v) is 4.48. The molecule has 1 heterocycles. The Balaban J connectivity index is 1.80. The van der Waals surface area contributed by atoms with Gasteiger partial charge in [-0.15, -0.1) is 0 Å². The van der Waals surface area contributed by atoms with Crippen molar-refractivity contribution in [1.29, 1.82) is 0 Å². The molecule has 1 fully saturated rings. The fraction of sp³-hybridized carbons (Fsp3) is 0.562. The molecule has 0 aromatic heterocycles. The van der Waals surface area contributed by atoms with Crippen LogP contribution in [0.25, 0.3) is 0 Å². The molecule has 6 heteroatoms. The number of urea groups is 1. The van der Waals surface area contributed by atoms with Crippen molar-refractivity contribution in [1.82, 2.24) is 10.2 Å². The number of piperidine rings is 1. The summed E-state index contributed by atoms with van der Waals surface area (Å²) in [7, 11) is 0. The summed E-state index contributed by atoms with van der Waals surface area (Å²) >= 11 is 11.9. The van der Waals surface area contributed by atoms with Gasteiger partial charge in [0.1, 0.15) is 0 Å². The second-order valence-corrected chi connectivity index (χ2v) is 6.72. The first-order valence-electron chi connectivity index (χ1n) is 7.61. The molecule has 0 unspecified atom stereocenters. The monoisotopic (exact) mass is 344 g/mol. The molecule has 0 spiro atoms. The molecule has 0 radical (unpaired) electrons. The highest BCUT2D eigenvalue weighted by molar-refractivity contribution is 6.34. The van der Waals surface area contributed by atoms with E-state index in [9.17, 15) is 9.90 Å². The van der Waals surface area contributed by atoms with Gasteiger partial charge in [-0.25, -0.2) is 4.79 Å². The summed E-state index contributed by atoms with van der Waals surface area (Å²) in [6.07, 6.45) is 2.22. The fourth-order valence-electron chi connectivity index (χ4n) is 2.77. The number of halogens is 2. The number of amides is 2. The number of hydrogen-bond donors (Lipinski definition) is 2. The Kier molecular flexibility index (Phi) is 6.36. The molecule has 2 N–H and O–H groups in total. The number of carbonyl (C=O) groups is 1. The molecule has 22 heavy (non-hydrogen) atoms. The van der Waals surface area contributed by atoms with Gasteiger partial charge in [-0.05, 0) is 49.9 Å². The second kappa shape index (κ2) is 8.04. The predicted molar refractivity (Wildman–Crippen MR) is 89.5 cm³/mol. The lowest BCUT2D eigenvalue weighted by molar-refractivity contribution is 0.0740. The highest BCUT2D eigenvalue weighted by Gasteiger charge is 2.26. The smallest absolute Gasteiger partial charge is 0.317 e. The van der Waals surface area contributed by atoms with E-state index < -0.39 is 0 Å². The van der Waals surface area contributed by atoms with Crippen molar-refractivity contribution >= 4 is 29.2 Å². The average molecular weight is 345 g/mol. The molecule has 2 atom stereocenters. The zero-order chi connectivity index (χ0) is 16.1. The second-order valence-electron chi connectivity index (χ2n) is 5.85. The molecule has 0 aliphatic carbocycles. The number of hydrogen-bond acceptors (Lipinski definition) is 2. The van der Waals surface area contributed by atoms with Gasteiger partial charge in [0.05, 0.1) is 6.10 Å². The number of aliphatic hydroxyl groups is 1. The molecule has 0 bridgehead atoms. The van der Waals surface area contributed by atoms with E-state index in [-0.39, 0.29) is 18.1 Å². The molecule has 1 aliphatic heterocycles. The largest absolute Gasteiger partial charge is 0.393 e. The van der Waals surface area contributed by atoms with Gasteiger partial charge in [-0.2, -0.15) is 0 Å². The first kappa shape index (κ1) is 17.4. The van der Waals surface area contributed by atoms with Crippen LogP contribution < -0.4 is 5.32 Å². The molecule has 2 amide bonds. The summed E-state index contributed by atoms with van der Waals surface area (Å²) in [5.41, 5.74) is 0.998. The van der Waals surface area contributed by atoms with Crippen LogP contribution in [0.2, 0.25) is 10.0 Å². The molecular weight excluding hydrogens is 323 g/mol. The van der Waals surface area contributed by atoms with Crippen molar-refractivity contribution in [3.63, 3.8) is 0 Å². The standard InChI is InChI=1S/C16H22Cl2N2O2/c1-11(21)13-3-2-6-20(10-13)16(22)19-5-4-12-7-14(17)9-15(18)8-12/h7-9,11,13,21H,2-6,10H2,1H3,(H,19,22)/t11-,13-/m1/s1. The molecule has 122 valence electrons. The van der Waals surface area contributed by atoms with Gasteiger partial charge < -0.3 is 15.3 Å². The SMILES string of the molecule is C[C@@H](O)[C@@H]1CCCN(C(=O)NCCc2cc(Cl)cc(Cl)c2)C1. The van der Waals surface area contributed by atoms with Crippen LogP contribution in [-0.2, 0) is 6.42 Å². The van der Waals surface area contributed by atoms with Crippen LogP contribution in [-0.4, -0.2) is 41.8 Å². The minimum atomic E-state index is -0.371. The summed E-state index contributed by atoms with van der Waals surface area (Å²) in [5.74, 6) is 0.172. The van der Waals surface area contributed by atoms with Crippen LogP contribution in [0.5, 0.6) is 0 Å². The van der Waals surface area contributed by atoms with Crippen molar-refractivity contribution < 1.29 is 9.90 Å². The highest BCUT2D eigenvalue weighted by atomic mass is 35.5. The van der Waals surface area contributed by atoms with Gasteiger partial charge in [0.25, 0.3) is 0 Å². The minimum absolute atomic E-state index is 0.0709. The molecule has 1 aromatic rings. The van der Waals surface area contributed by atoms with Crippen molar-refractivity contribution in [2.75, 3.05) is 19.6 Å². The van der Waals surface area contributed by atoms with Crippen molar-refractivity contribution in [2.45, 2.75) is 32.3 Å². The zero-order valence-corrected chi connectivity index (χ0v) is 14.2. The van der Waals surface area contributed by atoms with E-state index in [4.69, 9.17) is 23.2 Å². The molecular formula is C16H22Cl2N2O2. The van der Waals surface area contributed by atoms with Crippen molar-refractivity contribution in [2.24, 2.45) is 5.92 Å². The number of likely N-dealkylation sites (tertiary alicyclic amines) is 1. The average Bonchev–Trinajstić information content (AvgIpc) is 2.46. The first-order valence-corrected chi connectivity index (χ1v) is 8.37. The van der Waals surface area contributed by atoms with E-state index in [0.29, 0.717) is 29.6 Å². The van der Waals surface area contributed by atoms with Crippen molar-refractivity contribution in [3.8, 4) is 0 Å². The maximum Gasteiger partial charge on any atom is 0.317 e. The Morgan fingerprint density at radius 1 is 1.41 bits per heavy atom. The van der Waals surface area contributed by atoms with Crippen LogP contribution in [0.4, 0.5) is 4.79 Å². The fourth-order valence-corrected chi connectivity index (χ4v) is 3.34. The maximum atomic E-state index is 12.2. The van der Waals surface area contributed by atoms with Gasteiger partial charge in [0.2, 0.25) is 0 Å². The quantitative estimate of drug-likeness (QED) is 0.879. The van der Waals surface area contributed by atoms with Crippen molar-refractivity contribution in [3.05, 3.63) is 33.8 Å². The Hall–Kier alpha value is -0.970. The van der Waals surface area contributed by atoms with E-state index >= 15 is 0 Å². The maximum absolute atomic E-state index is 12.2. The van der Waals surface area contributed by atoms with Gasteiger partial charge in [0, 0.05) is 35.6 Å². The molecule has 1 aromatic carbocycles. The van der Waals surface area contributed by atoms with E-state index in [1.807, 2.05) is 12.1 Å². The summed E-state index contributed by atoms with van der Waals surface area (Å²) in [5, 5.41) is 13.8. The van der Waals surface area contributed by atoms with Crippen LogP contribution in [0.3, 0.4) is 0 Å². The van der Waals surface area contributed by atoms with E-state index in [1.54, 1.807) is 17.9 Å². The molecule has 4 nitrogen and oxygen atoms in total. The van der Waals surface area contributed by atoms with Crippen LogP contribution in [0.15, 0.2) is 18.2 Å². The van der Waals surface area contributed by atoms with E-state index in [2.05, 4.69) is 5.32 Å².